The maximum atomic E-state index is 8.92. The number of methoxy groups -OCH3 is 2. The molecule has 0 fully saturated rings. The molecule has 3 nitrogen and oxygen atoms in total. The molecule has 0 atom stereocenters. The molecular formula is C11H15ClO3. The lowest BCUT2D eigenvalue weighted by atomic mass is 10.1. The van der Waals surface area contributed by atoms with Crippen LogP contribution in [0.4, 0.5) is 0 Å². The molecule has 4 heteroatoms. The molecule has 1 aromatic carbocycles. The van der Waals surface area contributed by atoms with E-state index in [-0.39, 0.29) is 6.61 Å². The second kappa shape index (κ2) is 5.24. The van der Waals surface area contributed by atoms with Crippen molar-refractivity contribution in [3.05, 3.63) is 22.2 Å². The van der Waals surface area contributed by atoms with Gasteiger partial charge in [0.2, 0.25) is 0 Å². The van der Waals surface area contributed by atoms with Gasteiger partial charge in [-0.15, -0.1) is 0 Å². The fourth-order valence-electron chi connectivity index (χ4n) is 1.53. The van der Waals surface area contributed by atoms with Crippen LogP contribution in [0.15, 0.2) is 6.07 Å². The second-order valence-corrected chi connectivity index (χ2v) is 3.59. The largest absolute Gasteiger partial charge is 0.493 e. The van der Waals surface area contributed by atoms with Crippen LogP contribution in [-0.2, 0) is 6.42 Å². The van der Waals surface area contributed by atoms with Gasteiger partial charge in [0.15, 0.2) is 11.5 Å². The molecular weight excluding hydrogens is 216 g/mol. The van der Waals surface area contributed by atoms with Crippen molar-refractivity contribution >= 4 is 11.6 Å². The summed E-state index contributed by atoms with van der Waals surface area (Å²) in [5.74, 6) is 1.28. The Bertz CT molecular complexity index is 350. The van der Waals surface area contributed by atoms with Gasteiger partial charge in [0.05, 0.1) is 14.2 Å². The molecule has 0 unspecified atom stereocenters. The van der Waals surface area contributed by atoms with Crippen LogP contribution in [-0.4, -0.2) is 25.9 Å². The summed E-state index contributed by atoms with van der Waals surface area (Å²) in [6.07, 6.45) is 0.500. The summed E-state index contributed by atoms with van der Waals surface area (Å²) in [6.45, 7) is 1.92. The van der Waals surface area contributed by atoms with Crippen LogP contribution in [0.25, 0.3) is 0 Å². The van der Waals surface area contributed by atoms with Crippen molar-refractivity contribution in [1.82, 2.24) is 0 Å². The van der Waals surface area contributed by atoms with Crippen LogP contribution in [0.3, 0.4) is 0 Å². The zero-order valence-electron chi connectivity index (χ0n) is 9.13. The van der Waals surface area contributed by atoms with Crippen LogP contribution in [0.1, 0.15) is 11.1 Å². The van der Waals surface area contributed by atoms with Gasteiger partial charge in [-0.2, -0.15) is 0 Å². The number of aliphatic hydroxyl groups excluding tert-OH is 1. The molecule has 0 aliphatic heterocycles. The Labute approximate surface area is 94.6 Å². The van der Waals surface area contributed by atoms with Gasteiger partial charge in [-0.3, -0.25) is 0 Å². The topological polar surface area (TPSA) is 38.7 Å². The Balaban J connectivity index is 3.33. The maximum Gasteiger partial charge on any atom is 0.165 e. The summed E-state index contributed by atoms with van der Waals surface area (Å²) in [5.41, 5.74) is 1.70. The van der Waals surface area contributed by atoms with Gasteiger partial charge in [-0.05, 0) is 19.4 Å². The molecule has 15 heavy (non-hydrogen) atoms. The van der Waals surface area contributed by atoms with Crippen LogP contribution >= 0.6 is 11.6 Å². The lowest BCUT2D eigenvalue weighted by molar-refractivity contribution is 0.294. The Kier molecular flexibility index (Phi) is 4.24. The molecule has 1 aromatic rings. The first-order valence-electron chi connectivity index (χ1n) is 4.66. The van der Waals surface area contributed by atoms with Crippen LogP contribution in [0.2, 0.25) is 5.02 Å². The number of benzene rings is 1. The first kappa shape index (κ1) is 12.1. The van der Waals surface area contributed by atoms with E-state index in [1.807, 2.05) is 6.92 Å². The van der Waals surface area contributed by atoms with Crippen LogP contribution in [0, 0.1) is 6.92 Å². The van der Waals surface area contributed by atoms with E-state index in [1.165, 1.54) is 0 Å². The molecule has 0 bridgehead atoms. The zero-order chi connectivity index (χ0) is 11.4. The normalized spacial score (nSPS) is 10.2. The van der Waals surface area contributed by atoms with E-state index in [4.69, 9.17) is 26.2 Å². The molecule has 0 spiro atoms. The highest BCUT2D eigenvalue weighted by atomic mass is 35.5. The molecule has 84 valence electrons. The van der Waals surface area contributed by atoms with Crippen LogP contribution in [0.5, 0.6) is 11.5 Å². The van der Waals surface area contributed by atoms with Crippen molar-refractivity contribution in [3.8, 4) is 11.5 Å². The quantitative estimate of drug-likeness (QED) is 0.862. The highest BCUT2D eigenvalue weighted by Gasteiger charge is 2.15. The van der Waals surface area contributed by atoms with Crippen molar-refractivity contribution in [2.75, 3.05) is 20.8 Å². The average molecular weight is 231 g/mol. The fraction of sp³-hybridized carbons (Fsp3) is 0.455. The van der Waals surface area contributed by atoms with Crippen molar-refractivity contribution in [2.24, 2.45) is 0 Å². The van der Waals surface area contributed by atoms with E-state index in [2.05, 4.69) is 0 Å². The number of hydrogen-bond acceptors (Lipinski definition) is 3. The standard InChI is InChI=1S/C11H15ClO3/c1-7-9(12)6-8(4-5-13)11(15-3)10(7)14-2/h6,13H,4-5H2,1-3H3. The predicted molar refractivity (Wildman–Crippen MR) is 60.1 cm³/mol. The molecule has 0 saturated carbocycles. The minimum Gasteiger partial charge on any atom is -0.493 e. The lowest BCUT2D eigenvalue weighted by Gasteiger charge is -2.15. The predicted octanol–water partition coefficient (Wildman–Crippen LogP) is 2.20. The first-order valence-corrected chi connectivity index (χ1v) is 5.04. The SMILES string of the molecule is COc1c(CCO)cc(Cl)c(C)c1OC. The number of aliphatic hydroxyl groups is 1. The van der Waals surface area contributed by atoms with E-state index in [0.29, 0.717) is 22.9 Å². The Morgan fingerprint density at radius 2 is 1.87 bits per heavy atom. The summed E-state index contributed by atoms with van der Waals surface area (Å²) < 4.78 is 10.5. The second-order valence-electron chi connectivity index (χ2n) is 3.18. The lowest BCUT2D eigenvalue weighted by Crippen LogP contribution is -2.00. The van der Waals surface area contributed by atoms with E-state index in [1.54, 1.807) is 20.3 Å². The van der Waals surface area contributed by atoms with Gasteiger partial charge < -0.3 is 14.6 Å². The van der Waals surface area contributed by atoms with Gasteiger partial charge in [0.1, 0.15) is 0 Å². The fourth-order valence-corrected chi connectivity index (χ4v) is 1.74. The third-order valence-corrected chi connectivity index (χ3v) is 2.68. The summed E-state index contributed by atoms with van der Waals surface area (Å²) in [7, 11) is 3.15. The highest BCUT2D eigenvalue weighted by molar-refractivity contribution is 6.31. The molecule has 0 amide bonds. The Morgan fingerprint density at radius 1 is 1.27 bits per heavy atom. The van der Waals surface area contributed by atoms with Crippen molar-refractivity contribution < 1.29 is 14.6 Å². The van der Waals surface area contributed by atoms with Gasteiger partial charge in [-0.1, -0.05) is 11.6 Å². The number of ether oxygens (including phenoxy) is 2. The van der Waals surface area contributed by atoms with Gasteiger partial charge in [-0.25, -0.2) is 0 Å². The molecule has 0 saturated heterocycles. The summed E-state index contributed by atoms with van der Waals surface area (Å²) in [6, 6.07) is 1.80. The molecule has 0 heterocycles. The number of hydrogen-bond donors (Lipinski definition) is 1. The molecule has 1 rings (SSSR count). The maximum absolute atomic E-state index is 8.92. The average Bonchev–Trinajstić information content (AvgIpc) is 2.23. The van der Waals surface area contributed by atoms with Crippen LogP contribution < -0.4 is 9.47 Å². The zero-order valence-corrected chi connectivity index (χ0v) is 9.89. The van der Waals surface area contributed by atoms with Gasteiger partial charge in [0.25, 0.3) is 0 Å². The third kappa shape index (κ3) is 2.36. The summed E-state index contributed by atoms with van der Waals surface area (Å²) >= 11 is 6.05. The molecule has 0 aliphatic rings. The van der Waals surface area contributed by atoms with Crippen molar-refractivity contribution in [2.45, 2.75) is 13.3 Å². The van der Waals surface area contributed by atoms with Crippen molar-refractivity contribution in [3.63, 3.8) is 0 Å². The van der Waals surface area contributed by atoms with Gasteiger partial charge >= 0.3 is 0 Å². The minimum atomic E-state index is 0.0545. The third-order valence-electron chi connectivity index (χ3n) is 2.29. The van der Waals surface area contributed by atoms with E-state index in [9.17, 15) is 0 Å². The van der Waals surface area contributed by atoms with E-state index >= 15 is 0 Å². The monoisotopic (exact) mass is 230 g/mol. The summed E-state index contributed by atoms with van der Waals surface area (Å²) in [4.78, 5) is 0. The van der Waals surface area contributed by atoms with E-state index in [0.717, 1.165) is 11.1 Å². The van der Waals surface area contributed by atoms with Crippen molar-refractivity contribution in [1.29, 1.82) is 0 Å². The Hall–Kier alpha value is -0.930. The number of halogens is 1. The first-order chi connectivity index (χ1) is 7.15. The Morgan fingerprint density at radius 3 is 2.33 bits per heavy atom. The molecule has 0 aromatic heterocycles. The summed E-state index contributed by atoms with van der Waals surface area (Å²) in [5, 5.41) is 9.55. The molecule has 1 N–H and O–H groups in total. The smallest absolute Gasteiger partial charge is 0.165 e. The molecule has 0 aliphatic carbocycles. The molecule has 0 radical (unpaired) electrons. The van der Waals surface area contributed by atoms with Gasteiger partial charge in [0, 0.05) is 22.8 Å². The van der Waals surface area contributed by atoms with E-state index < -0.39 is 0 Å². The number of rotatable bonds is 4. The highest BCUT2D eigenvalue weighted by Crippen LogP contribution is 2.38. The minimum absolute atomic E-state index is 0.0545.